The number of carbonyl (C=O) groups is 1. The molecule has 3 rings (SSSR count). The SMILES string of the molecule is O=C1/C(=C\c2cccc(O)c2)SC(=S)N1c1ccc([N+](=O)[O-])cc1. The molecule has 1 heterocycles. The molecule has 0 aliphatic carbocycles. The van der Waals surface area contributed by atoms with Crippen LogP contribution in [0.3, 0.4) is 0 Å². The number of thioether (sulfide) groups is 1. The molecule has 0 radical (unpaired) electrons. The lowest BCUT2D eigenvalue weighted by molar-refractivity contribution is -0.384. The minimum absolute atomic E-state index is 0.0560. The molecular weight excluding hydrogens is 348 g/mol. The van der Waals surface area contributed by atoms with E-state index >= 15 is 0 Å². The Hall–Kier alpha value is -2.71. The summed E-state index contributed by atoms with van der Waals surface area (Å²) < 4.78 is 0.347. The molecule has 1 aliphatic rings. The Labute approximate surface area is 146 Å². The smallest absolute Gasteiger partial charge is 0.270 e. The number of phenols is 1. The molecule has 0 aromatic heterocycles. The van der Waals surface area contributed by atoms with Crippen molar-refractivity contribution in [1.82, 2.24) is 0 Å². The van der Waals surface area contributed by atoms with E-state index in [1.807, 2.05) is 0 Å². The maximum absolute atomic E-state index is 12.6. The minimum atomic E-state index is -0.504. The number of thiocarbonyl (C=S) groups is 1. The topological polar surface area (TPSA) is 83.7 Å². The van der Waals surface area contributed by atoms with Crippen molar-refractivity contribution in [2.24, 2.45) is 0 Å². The van der Waals surface area contributed by atoms with Gasteiger partial charge in [0.25, 0.3) is 11.6 Å². The average molecular weight is 358 g/mol. The van der Waals surface area contributed by atoms with Crippen molar-refractivity contribution in [3.05, 3.63) is 69.1 Å². The van der Waals surface area contributed by atoms with Gasteiger partial charge in [-0.2, -0.15) is 0 Å². The molecule has 0 spiro atoms. The molecule has 1 amide bonds. The molecule has 1 fully saturated rings. The normalized spacial score (nSPS) is 16.0. The molecule has 1 saturated heterocycles. The zero-order valence-electron chi connectivity index (χ0n) is 12.1. The van der Waals surface area contributed by atoms with E-state index in [9.17, 15) is 20.0 Å². The largest absolute Gasteiger partial charge is 0.508 e. The summed E-state index contributed by atoms with van der Waals surface area (Å²) in [5, 5.41) is 20.2. The highest BCUT2D eigenvalue weighted by Gasteiger charge is 2.33. The summed E-state index contributed by atoms with van der Waals surface area (Å²) in [6, 6.07) is 12.1. The highest BCUT2D eigenvalue weighted by Crippen LogP contribution is 2.36. The van der Waals surface area contributed by atoms with Crippen molar-refractivity contribution in [3.63, 3.8) is 0 Å². The number of hydrogen-bond donors (Lipinski definition) is 1. The van der Waals surface area contributed by atoms with Crippen molar-refractivity contribution in [2.45, 2.75) is 0 Å². The second-order valence-corrected chi connectivity index (χ2v) is 6.56. The first-order valence-corrected chi connectivity index (χ1v) is 7.99. The molecule has 1 aliphatic heterocycles. The van der Waals surface area contributed by atoms with Crippen LogP contribution in [0.25, 0.3) is 6.08 Å². The number of benzene rings is 2. The summed E-state index contributed by atoms with van der Waals surface area (Å²) in [6.45, 7) is 0. The molecule has 2 aromatic rings. The zero-order chi connectivity index (χ0) is 17.3. The van der Waals surface area contributed by atoms with E-state index in [2.05, 4.69) is 0 Å². The van der Waals surface area contributed by atoms with Gasteiger partial charge in [0.15, 0.2) is 4.32 Å². The first kappa shape index (κ1) is 16.2. The van der Waals surface area contributed by atoms with Crippen LogP contribution in [0.5, 0.6) is 5.75 Å². The van der Waals surface area contributed by atoms with Gasteiger partial charge in [-0.1, -0.05) is 36.1 Å². The maximum atomic E-state index is 12.6. The quantitative estimate of drug-likeness (QED) is 0.390. The number of rotatable bonds is 3. The van der Waals surface area contributed by atoms with Crippen LogP contribution in [0.2, 0.25) is 0 Å². The third-order valence-corrected chi connectivity index (χ3v) is 4.58. The van der Waals surface area contributed by atoms with Crippen LogP contribution in [-0.2, 0) is 4.79 Å². The Morgan fingerprint density at radius 1 is 1.21 bits per heavy atom. The number of amides is 1. The van der Waals surface area contributed by atoms with Gasteiger partial charge < -0.3 is 5.11 Å². The summed E-state index contributed by atoms with van der Waals surface area (Å²) in [6.07, 6.45) is 1.64. The molecule has 120 valence electrons. The molecule has 0 unspecified atom stereocenters. The van der Waals surface area contributed by atoms with Crippen molar-refractivity contribution in [2.75, 3.05) is 4.90 Å². The molecular formula is C16H10N2O4S2. The summed E-state index contributed by atoms with van der Waals surface area (Å²) in [5.74, 6) is -0.197. The fraction of sp³-hybridized carbons (Fsp3) is 0. The first-order valence-electron chi connectivity index (χ1n) is 6.77. The summed E-state index contributed by atoms with van der Waals surface area (Å²) in [5.41, 5.74) is 1.10. The lowest BCUT2D eigenvalue weighted by Crippen LogP contribution is -2.27. The number of carbonyl (C=O) groups excluding carboxylic acids is 1. The van der Waals surface area contributed by atoms with Crippen molar-refractivity contribution >= 4 is 51.7 Å². The van der Waals surface area contributed by atoms with E-state index in [1.165, 1.54) is 29.2 Å². The van der Waals surface area contributed by atoms with Gasteiger partial charge in [0.2, 0.25) is 0 Å². The van der Waals surface area contributed by atoms with Crippen molar-refractivity contribution in [3.8, 4) is 5.75 Å². The van der Waals surface area contributed by atoms with Crippen molar-refractivity contribution in [1.29, 1.82) is 0 Å². The number of phenolic OH excluding ortho intramolecular Hbond substituents is 1. The predicted octanol–water partition coefficient (Wildman–Crippen LogP) is 3.71. The van der Waals surface area contributed by atoms with Crippen LogP contribution >= 0.6 is 24.0 Å². The molecule has 8 heteroatoms. The molecule has 0 atom stereocenters. The molecule has 1 N–H and O–H groups in total. The third-order valence-electron chi connectivity index (χ3n) is 3.28. The van der Waals surface area contributed by atoms with E-state index in [-0.39, 0.29) is 17.3 Å². The van der Waals surface area contributed by atoms with Crippen molar-refractivity contribution < 1.29 is 14.8 Å². The summed E-state index contributed by atoms with van der Waals surface area (Å²) >= 11 is 6.39. The van der Waals surface area contributed by atoms with Crippen LogP contribution in [0.4, 0.5) is 11.4 Å². The Bertz CT molecular complexity index is 878. The highest BCUT2D eigenvalue weighted by atomic mass is 32.2. The van der Waals surface area contributed by atoms with Crippen LogP contribution in [0, 0.1) is 10.1 Å². The lowest BCUT2D eigenvalue weighted by Gasteiger charge is -2.13. The van der Waals surface area contributed by atoms with E-state index in [1.54, 1.807) is 30.3 Å². The summed E-state index contributed by atoms with van der Waals surface area (Å²) in [7, 11) is 0. The van der Waals surface area contributed by atoms with Gasteiger partial charge in [-0.15, -0.1) is 0 Å². The second kappa shape index (κ2) is 6.42. The molecule has 6 nitrogen and oxygen atoms in total. The Morgan fingerprint density at radius 2 is 1.92 bits per heavy atom. The Morgan fingerprint density at radius 3 is 2.54 bits per heavy atom. The minimum Gasteiger partial charge on any atom is -0.508 e. The van der Waals surface area contributed by atoms with Gasteiger partial charge in [0.05, 0.1) is 15.5 Å². The fourth-order valence-corrected chi connectivity index (χ4v) is 3.48. The summed E-state index contributed by atoms with van der Waals surface area (Å²) in [4.78, 5) is 24.5. The number of aromatic hydroxyl groups is 1. The van der Waals surface area contributed by atoms with E-state index in [4.69, 9.17) is 12.2 Å². The van der Waals surface area contributed by atoms with Crippen LogP contribution in [-0.4, -0.2) is 20.3 Å². The molecule has 0 saturated carbocycles. The number of nitrogens with zero attached hydrogens (tertiary/aromatic N) is 2. The van der Waals surface area contributed by atoms with Gasteiger partial charge in [0.1, 0.15) is 5.75 Å². The predicted molar refractivity (Wildman–Crippen MR) is 96.9 cm³/mol. The van der Waals surface area contributed by atoms with Crippen LogP contribution in [0.1, 0.15) is 5.56 Å². The number of nitro groups is 1. The maximum Gasteiger partial charge on any atom is 0.270 e. The second-order valence-electron chi connectivity index (χ2n) is 4.89. The third kappa shape index (κ3) is 3.15. The van der Waals surface area contributed by atoms with Crippen LogP contribution in [0.15, 0.2) is 53.4 Å². The lowest BCUT2D eigenvalue weighted by atomic mass is 10.2. The van der Waals surface area contributed by atoms with Gasteiger partial charge in [-0.25, -0.2) is 0 Å². The van der Waals surface area contributed by atoms with Gasteiger partial charge in [-0.05, 0) is 35.9 Å². The molecule has 0 bridgehead atoms. The van der Waals surface area contributed by atoms with Crippen LogP contribution < -0.4 is 4.90 Å². The number of hydrogen-bond acceptors (Lipinski definition) is 6. The van der Waals surface area contributed by atoms with E-state index in [0.29, 0.717) is 20.5 Å². The molecule has 24 heavy (non-hydrogen) atoms. The monoisotopic (exact) mass is 358 g/mol. The average Bonchev–Trinajstić information content (AvgIpc) is 2.81. The zero-order valence-corrected chi connectivity index (χ0v) is 13.7. The number of non-ortho nitro benzene ring substituents is 1. The molecule has 2 aromatic carbocycles. The number of nitro benzene ring substituents is 1. The van der Waals surface area contributed by atoms with E-state index in [0.717, 1.165) is 11.8 Å². The van der Waals surface area contributed by atoms with Gasteiger partial charge in [0, 0.05) is 12.1 Å². The Kier molecular flexibility index (Phi) is 4.32. The Balaban J connectivity index is 1.90. The van der Waals surface area contributed by atoms with Gasteiger partial charge in [-0.3, -0.25) is 19.8 Å². The highest BCUT2D eigenvalue weighted by molar-refractivity contribution is 8.27. The number of anilines is 1. The van der Waals surface area contributed by atoms with Gasteiger partial charge >= 0.3 is 0 Å². The fourth-order valence-electron chi connectivity index (χ4n) is 2.18. The first-order chi connectivity index (χ1) is 11.5. The van der Waals surface area contributed by atoms with E-state index < -0.39 is 4.92 Å². The standard InChI is InChI=1S/C16H10N2O4S2/c19-13-3-1-2-10(8-13)9-14-15(20)17(16(23)24-14)11-4-6-12(7-5-11)18(21)22/h1-9,19H/b14-9+.